The smallest absolute Gasteiger partial charge is 0.227 e. The first kappa shape index (κ1) is 18.1. The fourth-order valence-corrected chi connectivity index (χ4v) is 5.24. The lowest BCUT2D eigenvalue weighted by atomic mass is 10.1. The van der Waals surface area contributed by atoms with Crippen LogP contribution in [0.5, 0.6) is 0 Å². The maximum absolute atomic E-state index is 12.6. The van der Waals surface area contributed by atoms with E-state index in [1.807, 2.05) is 12.1 Å². The molecule has 4 rings (SSSR count). The number of amides is 1. The number of aromatic nitrogens is 2. The van der Waals surface area contributed by atoms with Crippen LogP contribution in [0.2, 0.25) is 0 Å². The Morgan fingerprint density at radius 2 is 2.00 bits per heavy atom. The molecule has 1 aliphatic heterocycles. The van der Waals surface area contributed by atoms with Crippen molar-refractivity contribution in [3.8, 4) is 0 Å². The molecule has 0 radical (unpaired) electrons. The molecule has 1 aromatic carbocycles. The van der Waals surface area contributed by atoms with Gasteiger partial charge in [0.25, 0.3) is 0 Å². The van der Waals surface area contributed by atoms with E-state index in [0.29, 0.717) is 17.7 Å². The van der Waals surface area contributed by atoms with Crippen LogP contribution in [0, 0.1) is 13.8 Å². The predicted molar refractivity (Wildman–Crippen MR) is 110 cm³/mol. The van der Waals surface area contributed by atoms with Gasteiger partial charge in [-0.1, -0.05) is 11.8 Å². The number of benzene rings is 1. The van der Waals surface area contributed by atoms with Crippen LogP contribution >= 0.6 is 23.1 Å². The molecule has 0 aliphatic carbocycles. The number of anilines is 1. The summed E-state index contributed by atoms with van der Waals surface area (Å²) in [6, 6.07) is 7.32. The van der Waals surface area contributed by atoms with Crippen LogP contribution in [0.1, 0.15) is 33.6 Å². The van der Waals surface area contributed by atoms with Gasteiger partial charge in [0.1, 0.15) is 16.2 Å². The number of thiophene rings is 1. The average Bonchev–Trinajstić information content (AvgIpc) is 3.23. The Balaban J connectivity index is 1.48. The molecule has 138 valence electrons. The van der Waals surface area contributed by atoms with E-state index in [0.717, 1.165) is 33.9 Å². The first-order chi connectivity index (χ1) is 13.0. The van der Waals surface area contributed by atoms with Crippen LogP contribution < -0.4 is 4.90 Å². The van der Waals surface area contributed by atoms with Gasteiger partial charge in [0.2, 0.25) is 5.91 Å². The third kappa shape index (κ3) is 3.49. The summed E-state index contributed by atoms with van der Waals surface area (Å²) in [7, 11) is 0. The average molecular weight is 398 g/mol. The van der Waals surface area contributed by atoms with Crippen LogP contribution in [-0.4, -0.2) is 34.0 Å². The van der Waals surface area contributed by atoms with Crippen LogP contribution in [-0.2, 0) is 4.79 Å². The number of Topliss-reactive ketones (excluding diaryl/α,β-unsaturated/α-hetero) is 1. The highest BCUT2D eigenvalue weighted by Gasteiger charge is 2.21. The van der Waals surface area contributed by atoms with E-state index < -0.39 is 0 Å². The van der Waals surface area contributed by atoms with Gasteiger partial charge in [0.15, 0.2) is 5.78 Å². The quantitative estimate of drug-likeness (QED) is 0.362. The maximum atomic E-state index is 12.6. The summed E-state index contributed by atoms with van der Waals surface area (Å²) in [5, 5.41) is 1.91. The second-order valence-electron chi connectivity index (χ2n) is 6.55. The molecule has 5 nitrogen and oxygen atoms in total. The number of carbonyl (C=O) groups is 2. The zero-order valence-electron chi connectivity index (χ0n) is 15.2. The van der Waals surface area contributed by atoms with E-state index >= 15 is 0 Å². The number of hydrogen-bond donors (Lipinski definition) is 0. The van der Waals surface area contributed by atoms with Crippen molar-refractivity contribution in [2.45, 2.75) is 31.7 Å². The molecule has 0 saturated carbocycles. The molecular weight excluding hydrogens is 378 g/mol. The molecule has 0 spiro atoms. The second kappa shape index (κ2) is 7.40. The van der Waals surface area contributed by atoms with E-state index in [2.05, 4.69) is 23.8 Å². The predicted octanol–water partition coefficient (Wildman–Crippen LogP) is 4.41. The lowest BCUT2D eigenvalue weighted by Gasteiger charge is -2.15. The highest BCUT2D eigenvalue weighted by molar-refractivity contribution is 8.00. The molecule has 1 amide bonds. The van der Waals surface area contributed by atoms with Gasteiger partial charge in [-0.25, -0.2) is 9.97 Å². The van der Waals surface area contributed by atoms with Crippen molar-refractivity contribution in [3.05, 3.63) is 46.6 Å². The zero-order valence-corrected chi connectivity index (χ0v) is 16.8. The van der Waals surface area contributed by atoms with Gasteiger partial charge in [-0.05, 0) is 50.1 Å². The van der Waals surface area contributed by atoms with Crippen molar-refractivity contribution in [3.63, 3.8) is 0 Å². The lowest BCUT2D eigenvalue weighted by molar-refractivity contribution is -0.117. The third-order valence-electron chi connectivity index (χ3n) is 4.84. The molecule has 0 bridgehead atoms. The van der Waals surface area contributed by atoms with Crippen molar-refractivity contribution in [2.75, 3.05) is 17.2 Å². The molecule has 1 fully saturated rings. The Bertz CT molecular complexity index is 1030. The van der Waals surface area contributed by atoms with Crippen molar-refractivity contribution in [1.82, 2.24) is 9.97 Å². The first-order valence-corrected chi connectivity index (χ1v) is 10.6. The lowest BCUT2D eigenvalue weighted by Crippen LogP contribution is -2.23. The van der Waals surface area contributed by atoms with Gasteiger partial charge < -0.3 is 4.90 Å². The Morgan fingerprint density at radius 1 is 1.22 bits per heavy atom. The summed E-state index contributed by atoms with van der Waals surface area (Å²) in [6.07, 6.45) is 3.06. The third-order valence-corrected chi connectivity index (χ3v) is 6.95. The standard InChI is InChI=1S/C20H19N3O2S2/c1-12-13(2)27-20-18(12)19(21-11-22-20)26-10-16(24)14-5-7-15(8-6-14)23-9-3-4-17(23)25/h5-8,11H,3-4,9-10H2,1-2H3. The van der Waals surface area contributed by atoms with Crippen molar-refractivity contribution in [2.24, 2.45) is 0 Å². The summed E-state index contributed by atoms with van der Waals surface area (Å²) in [5.74, 6) is 0.525. The summed E-state index contributed by atoms with van der Waals surface area (Å²) in [4.78, 5) is 37.1. The van der Waals surface area contributed by atoms with E-state index in [4.69, 9.17) is 0 Å². The van der Waals surface area contributed by atoms with E-state index in [1.165, 1.54) is 22.2 Å². The molecule has 3 aromatic rings. The summed E-state index contributed by atoms with van der Waals surface area (Å²) >= 11 is 3.11. The van der Waals surface area contributed by atoms with Crippen molar-refractivity contribution < 1.29 is 9.59 Å². The maximum Gasteiger partial charge on any atom is 0.227 e. The minimum absolute atomic E-state index is 0.0515. The minimum Gasteiger partial charge on any atom is -0.312 e. The largest absolute Gasteiger partial charge is 0.312 e. The van der Waals surface area contributed by atoms with E-state index in [1.54, 1.807) is 34.7 Å². The summed E-state index contributed by atoms with van der Waals surface area (Å²) in [6.45, 7) is 4.90. The first-order valence-electron chi connectivity index (χ1n) is 8.81. The van der Waals surface area contributed by atoms with Crippen molar-refractivity contribution in [1.29, 1.82) is 0 Å². The highest BCUT2D eigenvalue weighted by atomic mass is 32.2. The number of ketones is 1. The van der Waals surface area contributed by atoms with Gasteiger partial charge in [-0.3, -0.25) is 9.59 Å². The van der Waals surface area contributed by atoms with Gasteiger partial charge >= 0.3 is 0 Å². The van der Waals surface area contributed by atoms with Gasteiger partial charge in [-0.2, -0.15) is 0 Å². The van der Waals surface area contributed by atoms with E-state index in [9.17, 15) is 9.59 Å². The molecule has 3 heterocycles. The molecule has 1 aliphatic rings. The number of carbonyl (C=O) groups excluding carboxylic acids is 2. The number of aryl methyl sites for hydroxylation is 2. The Kier molecular flexibility index (Phi) is 4.97. The number of thioether (sulfide) groups is 1. The number of rotatable bonds is 5. The zero-order chi connectivity index (χ0) is 19.0. The molecular formula is C20H19N3O2S2. The van der Waals surface area contributed by atoms with E-state index in [-0.39, 0.29) is 11.7 Å². The van der Waals surface area contributed by atoms with Gasteiger partial charge in [-0.15, -0.1) is 11.3 Å². The fourth-order valence-electron chi connectivity index (χ4n) is 3.23. The minimum atomic E-state index is 0.0515. The van der Waals surface area contributed by atoms with Crippen LogP contribution in [0.25, 0.3) is 10.2 Å². The molecule has 0 N–H and O–H groups in total. The van der Waals surface area contributed by atoms with Crippen LogP contribution in [0.3, 0.4) is 0 Å². The molecule has 1 saturated heterocycles. The molecule has 0 atom stereocenters. The Labute approximate surface area is 165 Å². The van der Waals surface area contributed by atoms with Gasteiger partial charge in [0, 0.05) is 34.5 Å². The molecule has 0 unspecified atom stereocenters. The number of fused-ring (bicyclic) bond motifs is 1. The Morgan fingerprint density at radius 3 is 2.70 bits per heavy atom. The van der Waals surface area contributed by atoms with Crippen LogP contribution in [0.15, 0.2) is 35.6 Å². The van der Waals surface area contributed by atoms with Gasteiger partial charge in [0.05, 0.1) is 5.75 Å². The number of nitrogens with zero attached hydrogens (tertiary/aromatic N) is 3. The molecule has 2 aromatic heterocycles. The summed E-state index contributed by atoms with van der Waals surface area (Å²) in [5.41, 5.74) is 2.70. The molecule has 27 heavy (non-hydrogen) atoms. The molecule has 7 heteroatoms. The topological polar surface area (TPSA) is 63.2 Å². The highest BCUT2D eigenvalue weighted by Crippen LogP contribution is 2.34. The second-order valence-corrected chi connectivity index (χ2v) is 8.72. The monoisotopic (exact) mass is 397 g/mol. The normalized spacial score (nSPS) is 14.3. The Hall–Kier alpha value is -2.25. The number of hydrogen-bond acceptors (Lipinski definition) is 6. The summed E-state index contributed by atoms with van der Waals surface area (Å²) < 4.78 is 0. The van der Waals surface area contributed by atoms with Crippen molar-refractivity contribution >= 4 is 50.7 Å². The SMILES string of the molecule is Cc1sc2ncnc(SCC(=O)c3ccc(N4CCCC4=O)cc3)c2c1C. The van der Waals surface area contributed by atoms with Crippen LogP contribution in [0.4, 0.5) is 5.69 Å². The fraction of sp³-hybridized carbons (Fsp3) is 0.300.